The molecule has 0 N–H and O–H groups in total. The third kappa shape index (κ3) is 3.05. The van der Waals surface area contributed by atoms with Crippen LogP contribution >= 0.6 is 0 Å². The van der Waals surface area contributed by atoms with Crippen molar-refractivity contribution >= 4 is 17.5 Å². The van der Waals surface area contributed by atoms with Crippen LogP contribution in [0.4, 0.5) is 10.1 Å². The monoisotopic (exact) mass is 305 g/mol. The minimum atomic E-state index is -0.232. The number of carbonyl (C=O) groups is 2. The van der Waals surface area contributed by atoms with Gasteiger partial charge in [0.25, 0.3) is 0 Å². The summed E-state index contributed by atoms with van der Waals surface area (Å²) in [4.78, 5) is 29.2. The molecule has 2 heterocycles. The molecule has 0 unspecified atom stereocenters. The van der Waals surface area contributed by atoms with Crippen LogP contribution in [0.25, 0.3) is 0 Å². The van der Waals surface area contributed by atoms with Crippen molar-refractivity contribution in [2.45, 2.75) is 12.8 Å². The summed E-state index contributed by atoms with van der Waals surface area (Å²) in [6, 6.07) is 6.70. The van der Waals surface area contributed by atoms with Crippen molar-refractivity contribution in [1.82, 2.24) is 9.80 Å². The predicted octanol–water partition coefficient (Wildman–Crippen LogP) is 1.10. The van der Waals surface area contributed by atoms with E-state index in [1.54, 1.807) is 21.9 Å². The summed E-state index contributed by atoms with van der Waals surface area (Å²) in [6.07, 6.45) is 1.39. The van der Waals surface area contributed by atoms with Gasteiger partial charge in [-0.15, -0.1) is 0 Å². The zero-order valence-corrected chi connectivity index (χ0v) is 12.5. The van der Waals surface area contributed by atoms with Gasteiger partial charge in [-0.25, -0.2) is 4.39 Å². The van der Waals surface area contributed by atoms with Crippen LogP contribution < -0.4 is 4.90 Å². The number of rotatable bonds is 3. The van der Waals surface area contributed by atoms with Gasteiger partial charge in [0, 0.05) is 39.1 Å². The molecule has 3 rings (SSSR count). The molecule has 0 aliphatic carbocycles. The maximum absolute atomic E-state index is 13.8. The minimum absolute atomic E-state index is 0.0107. The lowest BCUT2D eigenvalue weighted by molar-refractivity contribution is -0.138. The summed E-state index contributed by atoms with van der Waals surface area (Å²) >= 11 is 0. The van der Waals surface area contributed by atoms with Crippen LogP contribution in [0.2, 0.25) is 0 Å². The Morgan fingerprint density at radius 3 is 2.45 bits per heavy atom. The highest BCUT2D eigenvalue weighted by atomic mass is 19.1. The van der Waals surface area contributed by atoms with E-state index in [4.69, 9.17) is 0 Å². The van der Waals surface area contributed by atoms with Crippen molar-refractivity contribution in [3.05, 3.63) is 30.1 Å². The van der Waals surface area contributed by atoms with Crippen LogP contribution in [0, 0.1) is 5.82 Å². The second kappa shape index (κ2) is 6.34. The van der Waals surface area contributed by atoms with Gasteiger partial charge in [-0.05, 0) is 18.6 Å². The third-order valence-electron chi connectivity index (χ3n) is 4.32. The standard InChI is InChI=1S/C16H20FN3O2/c17-13-4-1-2-5-14(13)18-8-10-19(11-9-18)16(22)12-20-7-3-6-15(20)21/h1-2,4-5H,3,6-12H2. The van der Waals surface area contributed by atoms with Crippen LogP contribution in [-0.4, -0.2) is 60.9 Å². The zero-order valence-electron chi connectivity index (χ0n) is 12.5. The van der Waals surface area contributed by atoms with Crippen molar-refractivity contribution in [2.24, 2.45) is 0 Å². The number of amides is 2. The first kappa shape index (κ1) is 14.8. The van der Waals surface area contributed by atoms with Gasteiger partial charge < -0.3 is 14.7 Å². The largest absolute Gasteiger partial charge is 0.366 e. The summed E-state index contributed by atoms with van der Waals surface area (Å²) in [5, 5.41) is 0. The van der Waals surface area contributed by atoms with Gasteiger partial charge in [-0.3, -0.25) is 9.59 Å². The molecule has 0 spiro atoms. The van der Waals surface area contributed by atoms with Crippen molar-refractivity contribution < 1.29 is 14.0 Å². The van der Waals surface area contributed by atoms with E-state index in [2.05, 4.69) is 0 Å². The molecule has 1 aromatic carbocycles. The number of benzene rings is 1. The summed E-state index contributed by atoms with van der Waals surface area (Å²) in [5.41, 5.74) is 0.587. The van der Waals surface area contributed by atoms with Gasteiger partial charge in [0.2, 0.25) is 11.8 Å². The van der Waals surface area contributed by atoms with E-state index < -0.39 is 0 Å². The fourth-order valence-electron chi connectivity index (χ4n) is 3.04. The van der Waals surface area contributed by atoms with Gasteiger partial charge in [-0.1, -0.05) is 12.1 Å². The molecule has 2 fully saturated rings. The Morgan fingerprint density at radius 2 is 1.82 bits per heavy atom. The lowest BCUT2D eigenvalue weighted by atomic mass is 10.2. The second-order valence-corrected chi connectivity index (χ2v) is 5.74. The van der Waals surface area contributed by atoms with Gasteiger partial charge >= 0.3 is 0 Å². The molecule has 0 atom stereocenters. The van der Waals surface area contributed by atoms with Crippen molar-refractivity contribution in [3.8, 4) is 0 Å². The summed E-state index contributed by atoms with van der Waals surface area (Å²) in [5.74, 6) is -0.174. The Labute approximate surface area is 129 Å². The number of para-hydroxylation sites is 1. The van der Waals surface area contributed by atoms with Gasteiger partial charge in [-0.2, -0.15) is 0 Å². The number of hydrogen-bond acceptors (Lipinski definition) is 3. The Balaban J connectivity index is 1.54. The summed E-state index contributed by atoms with van der Waals surface area (Å²) < 4.78 is 13.8. The SMILES string of the molecule is O=C(CN1CCCC1=O)N1CCN(c2ccccc2F)CC1. The molecule has 0 bridgehead atoms. The molecular weight excluding hydrogens is 285 g/mol. The summed E-state index contributed by atoms with van der Waals surface area (Å²) in [7, 11) is 0. The maximum atomic E-state index is 13.8. The zero-order chi connectivity index (χ0) is 15.5. The molecule has 2 saturated heterocycles. The Kier molecular flexibility index (Phi) is 4.27. The molecule has 0 radical (unpaired) electrons. The number of carbonyl (C=O) groups excluding carboxylic acids is 2. The normalized spacial score (nSPS) is 19.0. The molecule has 0 aromatic heterocycles. The number of nitrogens with zero attached hydrogens (tertiary/aromatic N) is 3. The van der Waals surface area contributed by atoms with Gasteiger partial charge in [0.1, 0.15) is 5.82 Å². The lowest BCUT2D eigenvalue weighted by Gasteiger charge is -2.36. The summed E-state index contributed by atoms with van der Waals surface area (Å²) in [6.45, 7) is 3.21. The number of likely N-dealkylation sites (tertiary alicyclic amines) is 1. The average Bonchev–Trinajstić information content (AvgIpc) is 2.93. The highest BCUT2D eigenvalue weighted by molar-refractivity contribution is 5.86. The predicted molar refractivity (Wildman–Crippen MR) is 81.0 cm³/mol. The molecule has 0 saturated carbocycles. The van der Waals surface area contributed by atoms with E-state index >= 15 is 0 Å². The molecule has 2 amide bonds. The maximum Gasteiger partial charge on any atom is 0.242 e. The van der Waals surface area contributed by atoms with Crippen LogP contribution in [0.3, 0.4) is 0 Å². The Morgan fingerprint density at radius 1 is 1.09 bits per heavy atom. The highest BCUT2D eigenvalue weighted by Gasteiger charge is 2.27. The first-order valence-corrected chi connectivity index (χ1v) is 7.70. The molecule has 6 heteroatoms. The second-order valence-electron chi connectivity index (χ2n) is 5.74. The molecule has 2 aliphatic heterocycles. The van der Waals surface area contributed by atoms with E-state index in [1.165, 1.54) is 6.07 Å². The van der Waals surface area contributed by atoms with Crippen molar-refractivity contribution in [1.29, 1.82) is 0 Å². The molecule has 22 heavy (non-hydrogen) atoms. The first-order chi connectivity index (χ1) is 10.6. The molecule has 5 nitrogen and oxygen atoms in total. The fraction of sp³-hybridized carbons (Fsp3) is 0.500. The molecular formula is C16H20FN3O2. The topological polar surface area (TPSA) is 43.9 Å². The molecule has 2 aliphatic rings. The van der Waals surface area contributed by atoms with E-state index in [0.717, 1.165) is 6.42 Å². The van der Waals surface area contributed by atoms with E-state index in [1.807, 2.05) is 11.0 Å². The van der Waals surface area contributed by atoms with Crippen LogP contribution in [0.15, 0.2) is 24.3 Å². The molecule has 1 aromatic rings. The number of anilines is 1. The Hall–Kier alpha value is -2.11. The van der Waals surface area contributed by atoms with Crippen LogP contribution in [0.5, 0.6) is 0 Å². The minimum Gasteiger partial charge on any atom is -0.366 e. The quantitative estimate of drug-likeness (QED) is 0.840. The third-order valence-corrected chi connectivity index (χ3v) is 4.32. The number of hydrogen-bond donors (Lipinski definition) is 0. The van der Waals surface area contributed by atoms with Crippen LogP contribution in [0.1, 0.15) is 12.8 Å². The van der Waals surface area contributed by atoms with Crippen molar-refractivity contribution in [2.75, 3.05) is 44.2 Å². The highest BCUT2D eigenvalue weighted by Crippen LogP contribution is 2.20. The smallest absolute Gasteiger partial charge is 0.242 e. The average molecular weight is 305 g/mol. The van der Waals surface area contributed by atoms with Gasteiger partial charge in [0.05, 0.1) is 12.2 Å². The first-order valence-electron chi connectivity index (χ1n) is 7.70. The van der Waals surface area contributed by atoms with E-state index in [-0.39, 0.29) is 24.2 Å². The lowest BCUT2D eigenvalue weighted by Crippen LogP contribution is -2.51. The van der Waals surface area contributed by atoms with E-state index in [0.29, 0.717) is 44.8 Å². The van der Waals surface area contributed by atoms with Gasteiger partial charge in [0.15, 0.2) is 0 Å². The number of halogens is 1. The van der Waals surface area contributed by atoms with E-state index in [9.17, 15) is 14.0 Å². The molecule has 118 valence electrons. The van der Waals surface area contributed by atoms with Crippen LogP contribution in [-0.2, 0) is 9.59 Å². The Bertz CT molecular complexity index is 570. The fourth-order valence-corrected chi connectivity index (χ4v) is 3.04. The number of piperazine rings is 1. The van der Waals surface area contributed by atoms with Crippen molar-refractivity contribution in [3.63, 3.8) is 0 Å².